The van der Waals surface area contributed by atoms with Crippen LogP contribution in [0.15, 0.2) is 42.5 Å². The molecule has 3 rings (SSSR count). The number of hydrogen-bond donors (Lipinski definition) is 1. The van der Waals surface area contributed by atoms with Gasteiger partial charge in [-0.25, -0.2) is 0 Å². The Bertz CT molecular complexity index is 681. The quantitative estimate of drug-likeness (QED) is 0.805. The summed E-state index contributed by atoms with van der Waals surface area (Å²) in [5, 5.41) is 3.59. The van der Waals surface area contributed by atoms with Gasteiger partial charge in [0.05, 0.1) is 21.3 Å². The number of benzene rings is 2. The van der Waals surface area contributed by atoms with Crippen LogP contribution in [-0.4, -0.2) is 27.9 Å². The summed E-state index contributed by atoms with van der Waals surface area (Å²) in [6.45, 7) is 1.70. The molecule has 1 fully saturated rings. The van der Waals surface area contributed by atoms with E-state index in [9.17, 15) is 0 Å². The van der Waals surface area contributed by atoms with E-state index in [1.807, 2.05) is 12.1 Å². The van der Waals surface area contributed by atoms with Crippen molar-refractivity contribution in [2.75, 3.05) is 27.9 Å². The van der Waals surface area contributed by atoms with Crippen molar-refractivity contribution in [1.29, 1.82) is 0 Å². The highest BCUT2D eigenvalue weighted by Crippen LogP contribution is 2.47. The zero-order valence-electron chi connectivity index (χ0n) is 14.6. The van der Waals surface area contributed by atoms with E-state index in [0.29, 0.717) is 11.2 Å². The standard InChI is InChI=1S/C20H25NO3/c1-22-17-12-19(24-3)18(23-2)11-15(17)13-21-14-20(9-10-20)16-7-5-4-6-8-16/h4-8,11-12,21H,9-10,13-14H2,1-3H3. The molecule has 4 nitrogen and oxygen atoms in total. The lowest BCUT2D eigenvalue weighted by atomic mass is 9.96. The fourth-order valence-corrected chi connectivity index (χ4v) is 3.18. The van der Waals surface area contributed by atoms with Crippen LogP contribution in [-0.2, 0) is 12.0 Å². The summed E-state index contributed by atoms with van der Waals surface area (Å²) < 4.78 is 16.2. The molecule has 24 heavy (non-hydrogen) atoms. The zero-order valence-corrected chi connectivity index (χ0v) is 14.6. The van der Waals surface area contributed by atoms with Crippen LogP contribution in [0.25, 0.3) is 0 Å². The Morgan fingerprint density at radius 3 is 2.08 bits per heavy atom. The van der Waals surface area contributed by atoms with Gasteiger partial charge in [0.15, 0.2) is 11.5 Å². The second kappa shape index (κ2) is 7.14. The fraction of sp³-hybridized carbons (Fsp3) is 0.400. The van der Waals surface area contributed by atoms with Crippen LogP contribution in [0.2, 0.25) is 0 Å². The van der Waals surface area contributed by atoms with Crippen molar-refractivity contribution in [3.05, 3.63) is 53.6 Å². The molecule has 0 bridgehead atoms. The molecular formula is C20H25NO3. The molecule has 0 atom stereocenters. The van der Waals surface area contributed by atoms with Gasteiger partial charge in [-0.1, -0.05) is 30.3 Å². The number of nitrogens with one attached hydrogen (secondary N) is 1. The third kappa shape index (κ3) is 3.34. The predicted octanol–water partition coefficient (Wildman–Crippen LogP) is 3.53. The first-order valence-corrected chi connectivity index (χ1v) is 8.27. The normalized spacial score (nSPS) is 15.0. The number of methoxy groups -OCH3 is 3. The molecule has 0 unspecified atom stereocenters. The Kier molecular flexibility index (Phi) is 4.95. The molecule has 4 heteroatoms. The Balaban J connectivity index is 1.69. The van der Waals surface area contributed by atoms with Gasteiger partial charge >= 0.3 is 0 Å². The van der Waals surface area contributed by atoms with Crippen LogP contribution in [0.1, 0.15) is 24.0 Å². The van der Waals surface area contributed by atoms with E-state index in [2.05, 4.69) is 35.6 Å². The first-order valence-electron chi connectivity index (χ1n) is 8.27. The van der Waals surface area contributed by atoms with E-state index in [-0.39, 0.29) is 0 Å². The van der Waals surface area contributed by atoms with Gasteiger partial charge in [0.1, 0.15) is 5.75 Å². The Morgan fingerprint density at radius 1 is 0.875 bits per heavy atom. The van der Waals surface area contributed by atoms with Gasteiger partial charge in [-0.3, -0.25) is 0 Å². The number of hydrogen-bond acceptors (Lipinski definition) is 4. The minimum atomic E-state index is 0.297. The number of ether oxygens (including phenoxy) is 3. The second-order valence-corrected chi connectivity index (χ2v) is 6.27. The highest BCUT2D eigenvalue weighted by Gasteiger charge is 2.43. The molecule has 0 heterocycles. The molecule has 1 aliphatic rings. The highest BCUT2D eigenvalue weighted by molar-refractivity contribution is 5.50. The lowest BCUT2D eigenvalue weighted by Gasteiger charge is -2.18. The average Bonchev–Trinajstić information content (AvgIpc) is 3.43. The van der Waals surface area contributed by atoms with Crippen LogP contribution in [0.5, 0.6) is 17.2 Å². The van der Waals surface area contributed by atoms with Crippen molar-refractivity contribution in [1.82, 2.24) is 5.32 Å². The lowest BCUT2D eigenvalue weighted by Crippen LogP contribution is -2.26. The summed E-state index contributed by atoms with van der Waals surface area (Å²) in [5.41, 5.74) is 2.79. The SMILES string of the molecule is COc1cc(OC)c(OC)cc1CNCC1(c2ccccc2)CC1. The monoisotopic (exact) mass is 327 g/mol. The minimum Gasteiger partial charge on any atom is -0.496 e. The van der Waals surface area contributed by atoms with Gasteiger partial charge in [0, 0.05) is 30.1 Å². The summed E-state index contributed by atoms with van der Waals surface area (Å²) >= 11 is 0. The van der Waals surface area contributed by atoms with Crippen LogP contribution in [0.4, 0.5) is 0 Å². The maximum atomic E-state index is 5.49. The summed E-state index contributed by atoms with van der Waals surface area (Å²) in [5.74, 6) is 2.21. The van der Waals surface area contributed by atoms with Crippen molar-refractivity contribution in [3.63, 3.8) is 0 Å². The zero-order chi connectivity index (χ0) is 17.0. The van der Waals surface area contributed by atoms with E-state index < -0.39 is 0 Å². The first kappa shape index (κ1) is 16.7. The molecule has 128 valence electrons. The summed E-state index contributed by atoms with van der Waals surface area (Å²) in [6, 6.07) is 14.6. The molecule has 0 radical (unpaired) electrons. The molecular weight excluding hydrogens is 302 g/mol. The molecule has 0 aliphatic heterocycles. The van der Waals surface area contributed by atoms with Gasteiger partial charge in [-0.15, -0.1) is 0 Å². The Hall–Kier alpha value is -2.20. The highest BCUT2D eigenvalue weighted by atomic mass is 16.5. The van der Waals surface area contributed by atoms with Crippen LogP contribution in [0, 0.1) is 0 Å². The van der Waals surface area contributed by atoms with E-state index in [0.717, 1.165) is 30.2 Å². The Morgan fingerprint density at radius 2 is 1.50 bits per heavy atom. The van der Waals surface area contributed by atoms with E-state index in [4.69, 9.17) is 14.2 Å². The van der Waals surface area contributed by atoms with Crippen LogP contribution in [0.3, 0.4) is 0 Å². The third-order valence-corrected chi connectivity index (χ3v) is 4.81. The molecule has 2 aromatic carbocycles. The maximum absolute atomic E-state index is 5.49. The summed E-state index contributed by atoms with van der Waals surface area (Å²) in [6.07, 6.45) is 2.49. The number of rotatable bonds is 8. The first-order chi connectivity index (χ1) is 11.7. The lowest BCUT2D eigenvalue weighted by molar-refractivity contribution is 0.347. The molecule has 1 saturated carbocycles. The van der Waals surface area contributed by atoms with Crippen molar-refractivity contribution >= 4 is 0 Å². The van der Waals surface area contributed by atoms with Crippen molar-refractivity contribution in [3.8, 4) is 17.2 Å². The molecule has 2 aromatic rings. The largest absolute Gasteiger partial charge is 0.496 e. The minimum absolute atomic E-state index is 0.297. The molecule has 0 amide bonds. The average molecular weight is 327 g/mol. The van der Waals surface area contributed by atoms with Gasteiger partial charge in [-0.05, 0) is 24.5 Å². The smallest absolute Gasteiger partial charge is 0.164 e. The van der Waals surface area contributed by atoms with E-state index in [1.165, 1.54) is 18.4 Å². The predicted molar refractivity (Wildman–Crippen MR) is 95.2 cm³/mol. The van der Waals surface area contributed by atoms with Crippen molar-refractivity contribution in [2.45, 2.75) is 24.8 Å². The summed E-state index contributed by atoms with van der Waals surface area (Å²) in [4.78, 5) is 0. The van der Waals surface area contributed by atoms with Gasteiger partial charge in [-0.2, -0.15) is 0 Å². The van der Waals surface area contributed by atoms with Gasteiger partial charge < -0.3 is 19.5 Å². The third-order valence-electron chi connectivity index (χ3n) is 4.81. The van der Waals surface area contributed by atoms with Crippen molar-refractivity contribution < 1.29 is 14.2 Å². The molecule has 1 aliphatic carbocycles. The maximum Gasteiger partial charge on any atom is 0.164 e. The van der Waals surface area contributed by atoms with E-state index in [1.54, 1.807) is 21.3 Å². The molecule has 0 spiro atoms. The summed E-state index contributed by atoms with van der Waals surface area (Å²) in [7, 11) is 4.96. The van der Waals surface area contributed by atoms with Gasteiger partial charge in [0.2, 0.25) is 0 Å². The van der Waals surface area contributed by atoms with Gasteiger partial charge in [0.25, 0.3) is 0 Å². The fourth-order valence-electron chi connectivity index (χ4n) is 3.18. The van der Waals surface area contributed by atoms with E-state index >= 15 is 0 Å². The van der Waals surface area contributed by atoms with Crippen molar-refractivity contribution in [2.24, 2.45) is 0 Å². The topological polar surface area (TPSA) is 39.7 Å². The molecule has 1 N–H and O–H groups in total. The van der Waals surface area contributed by atoms with Crippen LogP contribution >= 0.6 is 0 Å². The second-order valence-electron chi connectivity index (χ2n) is 6.27. The molecule has 0 aromatic heterocycles. The Labute approximate surface area is 143 Å². The van der Waals surface area contributed by atoms with Crippen LogP contribution < -0.4 is 19.5 Å². The molecule has 0 saturated heterocycles.